The molecule has 3 N–H and O–H groups in total. The first-order valence-corrected chi connectivity index (χ1v) is 13.8. The van der Waals surface area contributed by atoms with Crippen LogP contribution in [0, 0.1) is 6.08 Å². The van der Waals surface area contributed by atoms with Crippen LogP contribution in [0.5, 0.6) is 0 Å². The van der Waals surface area contributed by atoms with Crippen LogP contribution in [-0.2, 0) is 26.2 Å². The normalized spacial score (nSPS) is 10.5. The van der Waals surface area contributed by atoms with Gasteiger partial charge < -0.3 is 17.2 Å². The molecule has 0 spiro atoms. The average molecular weight is 448 g/mol. The van der Waals surface area contributed by atoms with Crippen LogP contribution < -0.4 is 0 Å². The number of allylic oxidation sites excluding steroid dienone is 4. The van der Waals surface area contributed by atoms with Gasteiger partial charge in [0.2, 0.25) is 0 Å². The Labute approximate surface area is 164 Å². The molecule has 0 aromatic carbocycles. The molecule has 0 saturated heterocycles. The van der Waals surface area contributed by atoms with Gasteiger partial charge in [0.15, 0.2) is 0 Å². The molecule has 0 saturated carbocycles. The van der Waals surface area contributed by atoms with E-state index in [0.717, 1.165) is 6.42 Å². The fraction of sp³-hybridized carbons (Fsp3) is 0.765. The summed E-state index contributed by atoms with van der Waals surface area (Å²) in [5.41, 5.74) is 19.8. The van der Waals surface area contributed by atoms with E-state index in [1.165, 1.54) is 0 Å². The van der Waals surface area contributed by atoms with Gasteiger partial charge in [0.05, 0.1) is 0 Å². The number of hydrogen-bond donors (Lipinski definition) is 0. The molecule has 0 amide bonds. The molecule has 0 fully saturated rings. The topological polar surface area (TPSA) is 71.4 Å². The van der Waals surface area contributed by atoms with Gasteiger partial charge in [-0.15, -0.1) is 24.5 Å². The van der Waals surface area contributed by atoms with E-state index in [1.807, 2.05) is 53.7 Å². The molecule has 1 radical (unpaired) electrons. The quantitative estimate of drug-likeness (QED) is 0.282. The summed E-state index contributed by atoms with van der Waals surface area (Å²) in [7, 11) is 0. The maximum atomic E-state index is 6.58. The second kappa shape index (κ2) is 29.8. The molecule has 1 aliphatic carbocycles. The van der Waals surface area contributed by atoms with E-state index in [2.05, 4.69) is 29.4 Å². The first-order valence-electron chi connectivity index (χ1n) is 7.55. The van der Waals surface area contributed by atoms with Crippen molar-refractivity contribution in [3.8, 4) is 0 Å². The largest absolute Gasteiger partial charge is 4.00 e. The molecule has 0 bridgehead atoms. The van der Waals surface area contributed by atoms with Gasteiger partial charge in [-0.2, -0.15) is 6.08 Å². The first kappa shape index (κ1) is 34.2. The van der Waals surface area contributed by atoms with E-state index in [4.69, 9.17) is 17.2 Å². The number of nitrogens with one attached hydrogen (secondary N) is 3. The Hall–Kier alpha value is 0.786. The zero-order valence-electron chi connectivity index (χ0n) is 16.2. The smallest absolute Gasteiger partial charge is 4.00 e. The molecule has 0 aromatic heterocycles. The third kappa shape index (κ3) is 243. The van der Waals surface area contributed by atoms with Crippen molar-refractivity contribution in [2.24, 2.45) is 0 Å². The van der Waals surface area contributed by atoms with Gasteiger partial charge in [-0.3, -0.25) is 6.08 Å². The van der Waals surface area contributed by atoms with Crippen LogP contribution in [0.1, 0.15) is 48.0 Å². The van der Waals surface area contributed by atoms with Gasteiger partial charge >= 0.3 is 57.8 Å². The Morgan fingerprint density at radius 1 is 0.818 bits per heavy atom. The van der Waals surface area contributed by atoms with Crippen molar-refractivity contribution < 1.29 is 26.2 Å². The molecule has 0 atom stereocenters. The summed E-state index contributed by atoms with van der Waals surface area (Å²) in [5, 5.41) is 0. The maximum Gasteiger partial charge on any atom is 4.00 e. The molecule has 1 rings (SSSR count). The Kier molecular flexibility index (Phi) is 46.2. The summed E-state index contributed by atoms with van der Waals surface area (Å²) < 4.78 is 0. The van der Waals surface area contributed by atoms with Gasteiger partial charge in [-0.05, 0) is 0 Å². The fourth-order valence-corrected chi connectivity index (χ4v) is 0.340. The Balaban J connectivity index is -0.0000000544. The Bertz CT molecular complexity index is 171. The van der Waals surface area contributed by atoms with Crippen LogP contribution in [0.15, 0.2) is 18.2 Å². The Morgan fingerprint density at radius 3 is 1.09 bits per heavy atom. The SMILES string of the molecule is CC(C)[NH-].CC(C)[NH-].CC(C)[NH-].[C-]1=CC=CC1.[CH3][Ge]([CH3])[CH3].[Zr+4]. The van der Waals surface area contributed by atoms with Gasteiger partial charge in [-0.1, -0.05) is 41.5 Å². The van der Waals surface area contributed by atoms with Gasteiger partial charge in [0.1, 0.15) is 0 Å². The second-order valence-corrected chi connectivity index (χ2v) is 12.3. The standard InChI is InChI=1S/C5H5.C3H9Ge.3C3H8N.Zr/c1-2-4-5-3-1;1-4(2)3;3*1-3(2)4;/h1-3H,4H2;1-3H3;3*3-4H,1-2H3;/q-1;;3*-1;+4. The van der Waals surface area contributed by atoms with Crippen LogP contribution in [-0.4, -0.2) is 32.5 Å². The van der Waals surface area contributed by atoms with Crippen molar-refractivity contribution >= 4 is 14.3 Å². The summed E-state index contributed by atoms with van der Waals surface area (Å²) in [6.07, 6.45) is 10.0. The van der Waals surface area contributed by atoms with Crippen molar-refractivity contribution in [3.05, 3.63) is 41.5 Å². The molecule has 1 aliphatic rings. The summed E-state index contributed by atoms with van der Waals surface area (Å²) in [6.45, 7) is 11.0. The molecule has 129 valence electrons. The minimum atomic E-state index is -0.333. The second-order valence-electron chi connectivity index (χ2n) is 5.97. The number of rotatable bonds is 0. The Morgan fingerprint density at radius 2 is 1.05 bits per heavy atom. The average Bonchev–Trinajstić information content (AvgIpc) is 2.68. The molecule has 5 heteroatoms. The molecule has 22 heavy (non-hydrogen) atoms. The van der Waals surface area contributed by atoms with E-state index in [1.54, 1.807) is 0 Å². The van der Waals surface area contributed by atoms with Crippen molar-refractivity contribution in [2.45, 2.75) is 83.4 Å². The van der Waals surface area contributed by atoms with Crippen molar-refractivity contribution in [1.82, 2.24) is 0 Å². The molecule has 3 nitrogen and oxygen atoms in total. The van der Waals surface area contributed by atoms with Crippen LogP contribution in [0.25, 0.3) is 17.2 Å². The van der Waals surface area contributed by atoms with Crippen LogP contribution in [0.3, 0.4) is 0 Å². The zero-order chi connectivity index (χ0) is 17.8. The predicted octanol–water partition coefficient (Wildman–Crippen LogP) is 7.01. The predicted molar refractivity (Wildman–Crippen MR) is 103 cm³/mol. The maximum absolute atomic E-state index is 6.58. The molecule has 0 aromatic rings. The summed E-state index contributed by atoms with van der Waals surface area (Å²) in [5.74, 6) is 7.00. The minimum Gasteiger partial charge on any atom is 4.00 e. The van der Waals surface area contributed by atoms with E-state index < -0.39 is 0 Å². The number of hydrogen-bond acceptors (Lipinski definition) is 0. The molecule has 0 unspecified atom stereocenters. The van der Waals surface area contributed by atoms with Crippen LogP contribution in [0.2, 0.25) is 17.3 Å². The first-order chi connectivity index (χ1) is 9.43. The monoisotopic (exact) mass is 448 g/mol. The third-order valence-electron chi connectivity index (χ3n) is 0.586. The van der Waals surface area contributed by atoms with Crippen LogP contribution >= 0.6 is 0 Å². The van der Waals surface area contributed by atoms with E-state index >= 15 is 0 Å². The van der Waals surface area contributed by atoms with Gasteiger partial charge in [-0.25, -0.2) is 12.2 Å². The third-order valence-corrected chi connectivity index (χ3v) is 0.586. The zero-order valence-corrected chi connectivity index (χ0v) is 20.7. The summed E-state index contributed by atoms with van der Waals surface area (Å²) >= 11 is -0.333. The molecular weight excluding hydrogens is 410 g/mol. The molecule has 0 aliphatic heterocycles. The van der Waals surface area contributed by atoms with Gasteiger partial charge in [0, 0.05) is 0 Å². The van der Waals surface area contributed by atoms with Crippen molar-refractivity contribution in [2.75, 3.05) is 0 Å². The van der Waals surface area contributed by atoms with E-state index in [9.17, 15) is 0 Å². The van der Waals surface area contributed by atoms with E-state index in [0.29, 0.717) is 0 Å². The summed E-state index contributed by atoms with van der Waals surface area (Å²) in [4.78, 5) is 0. The summed E-state index contributed by atoms with van der Waals surface area (Å²) in [6, 6.07) is 0.250. The fourth-order valence-electron chi connectivity index (χ4n) is 0.340. The van der Waals surface area contributed by atoms with Gasteiger partial charge in [0.25, 0.3) is 0 Å². The molecular formula is C17H38GeN3Zr. The van der Waals surface area contributed by atoms with E-state index in [-0.39, 0.29) is 58.7 Å². The van der Waals surface area contributed by atoms with Crippen molar-refractivity contribution in [3.63, 3.8) is 0 Å². The van der Waals surface area contributed by atoms with Crippen molar-refractivity contribution in [1.29, 1.82) is 0 Å². The minimum absolute atomic E-state index is 0. The molecule has 0 heterocycles. The van der Waals surface area contributed by atoms with Crippen LogP contribution in [0.4, 0.5) is 0 Å².